The zero-order chi connectivity index (χ0) is 15.5. The third-order valence-corrected chi connectivity index (χ3v) is 2.92. The molecule has 6 heteroatoms. The standard InChI is InChI=1S/C15H19N3O3/c1-15(2,3)21-14(19)18-8-7-12(10-18)20-13-6-4-5-11(9-16)17-13/h4-6,12H,7-8,10H2,1-3H3/t12-/m0/s1. The lowest BCUT2D eigenvalue weighted by atomic mass is 10.2. The molecule has 1 atom stereocenters. The molecular formula is C15H19N3O3. The van der Waals surface area contributed by atoms with Gasteiger partial charge in [0.1, 0.15) is 23.5 Å². The Morgan fingerprint density at radius 1 is 1.48 bits per heavy atom. The number of carbonyl (C=O) groups excluding carboxylic acids is 1. The van der Waals surface area contributed by atoms with Crippen molar-refractivity contribution in [3.63, 3.8) is 0 Å². The number of pyridine rings is 1. The Morgan fingerprint density at radius 2 is 2.24 bits per heavy atom. The highest BCUT2D eigenvalue weighted by molar-refractivity contribution is 5.68. The molecule has 6 nitrogen and oxygen atoms in total. The molecule has 2 heterocycles. The molecule has 0 unspecified atom stereocenters. The number of hydrogen-bond donors (Lipinski definition) is 0. The summed E-state index contributed by atoms with van der Waals surface area (Å²) in [5, 5.41) is 8.81. The zero-order valence-electron chi connectivity index (χ0n) is 12.5. The fraction of sp³-hybridized carbons (Fsp3) is 0.533. The molecule has 2 rings (SSSR count). The van der Waals surface area contributed by atoms with Crippen molar-refractivity contribution < 1.29 is 14.3 Å². The van der Waals surface area contributed by atoms with E-state index in [2.05, 4.69) is 4.98 Å². The van der Waals surface area contributed by atoms with Crippen molar-refractivity contribution in [2.45, 2.75) is 38.9 Å². The predicted molar refractivity (Wildman–Crippen MR) is 75.8 cm³/mol. The van der Waals surface area contributed by atoms with Crippen LogP contribution < -0.4 is 4.74 Å². The number of nitriles is 1. The van der Waals surface area contributed by atoms with Crippen molar-refractivity contribution in [3.05, 3.63) is 23.9 Å². The van der Waals surface area contributed by atoms with Gasteiger partial charge >= 0.3 is 6.09 Å². The summed E-state index contributed by atoms with van der Waals surface area (Å²) in [5.41, 5.74) is -0.187. The van der Waals surface area contributed by atoms with E-state index < -0.39 is 5.60 Å². The van der Waals surface area contributed by atoms with Crippen molar-refractivity contribution >= 4 is 6.09 Å². The summed E-state index contributed by atoms with van der Waals surface area (Å²) in [6.45, 7) is 6.58. The average molecular weight is 289 g/mol. The maximum Gasteiger partial charge on any atom is 0.410 e. The van der Waals surface area contributed by atoms with Gasteiger partial charge in [-0.05, 0) is 26.8 Å². The number of carbonyl (C=O) groups is 1. The van der Waals surface area contributed by atoms with Crippen molar-refractivity contribution in [2.75, 3.05) is 13.1 Å². The van der Waals surface area contributed by atoms with E-state index in [1.54, 1.807) is 23.1 Å². The van der Waals surface area contributed by atoms with Crippen molar-refractivity contribution in [1.29, 1.82) is 5.26 Å². The summed E-state index contributed by atoms with van der Waals surface area (Å²) in [4.78, 5) is 17.6. The van der Waals surface area contributed by atoms with Gasteiger partial charge < -0.3 is 14.4 Å². The van der Waals surface area contributed by atoms with Gasteiger partial charge in [-0.2, -0.15) is 5.26 Å². The van der Waals surface area contributed by atoms with Crippen LogP contribution in [0.3, 0.4) is 0 Å². The van der Waals surface area contributed by atoms with E-state index in [0.29, 0.717) is 24.7 Å². The zero-order valence-corrected chi connectivity index (χ0v) is 12.5. The van der Waals surface area contributed by atoms with E-state index in [-0.39, 0.29) is 12.2 Å². The second kappa shape index (κ2) is 6.00. The molecule has 0 N–H and O–H groups in total. The molecule has 0 bridgehead atoms. The largest absolute Gasteiger partial charge is 0.472 e. The lowest BCUT2D eigenvalue weighted by Gasteiger charge is -2.24. The molecule has 0 aliphatic carbocycles. The Balaban J connectivity index is 1.91. The highest BCUT2D eigenvalue weighted by Gasteiger charge is 2.31. The Labute approximate surface area is 124 Å². The van der Waals surface area contributed by atoms with E-state index in [0.717, 1.165) is 6.42 Å². The van der Waals surface area contributed by atoms with Gasteiger partial charge in [0.15, 0.2) is 0 Å². The van der Waals surface area contributed by atoms with Gasteiger partial charge in [-0.25, -0.2) is 9.78 Å². The smallest absolute Gasteiger partial charge is 0.410 e. The van der Waals surface area contributed by atoms with E-state index >= 15 is 0 Å². The first-order chi connectivity index (χ1) is 9.87. The lowest BCUT2D eigenvalue weighted by molar-refractivity contribution is 0.0275. The van der Waals surface area contributed by atoms with Crippen molar-refractivity contribution in [1.82, 2.24) is 9.88 Å². The molecule has 112 valence electrons. The van der Waals surface area contributed by atoms with Crippen LogP contribution in [-0.2, 0) is 4.74 Å². The van der Waals surface area contributed by atoms with Crippen molar-refractivity contribution in [3.8, 4) is 11.9 Å². The quantitative estimate of drug-likeness (QED) is 0.835. The summed E-state index contributed by atoms with van der Waals surface area (Å²) in [5.74, 6) is 0.407. The number of nitrogens with zero attached hydrogens (tertiary/aromatic N) is 3. The first kappa shape index (κ1) is 15.1. The van der Waals surface area contributed by atoms with E-state index in [1.807, 2.05) is 26.8 Å². The van der Waals surface area contributed by atoms with Crippen LogP contribution in [0, 0.1) is 11.3 Å². The molecule has 0 spiro atoms. The number of hydrogen-bond acceptors (Lipinski definition) is 5. The highest BCUT2D eigenvalue weighted by atomic mass is 16.6. The number of amides is 1. The minimum absolute atomic E-state index is 0.126. The van der Waals surface area contributed by atoms with Gasteiger partial charge in [0.2, 0.25) is 5.88 Å². The Bertz CT molecular complexity index is 560. The van der Waals surface area contributed by atoms with Crippen LogP contribution in [0.4, 0.5) is 4.79 Å². The minimum Gasteiger partial charge on any atom is -0.472 e. The Kier molecular flexibility index (Phi) is 4.32. The Hall–Kier alpha value is -2.29. The number of likely N-dealkylation sites (tertiary alicyclic amines) is 1. The van der Waals surface area contributed by atoms with Crippen LogP contribution in [0.15, 0.2) is 18.2 Å². The number of rotatable bonds is 2. The first-order valence-corrected chi connectivity index (χ1v) is 6.89. The van der Waals surface area contributed by atoms with Crippen LogP contribution in [0.2, 0.25) is 0 Å². The van der Waals surface area contributed by atoms with Crippen LogP contribution in [0.5, 0.6) is 5.88 Å². The monoisotopic (exact) mass is 289 g/mol. The molecule has 1 aliphatic heterocycles. The summed E-state index contributed by atoms with van der Waals surface area (Å²) in [6.07, 6.45) is 0.267. The summed E-state index contributed by atoms with van der Waals surface area (Å²) in [7, 11) is 0. The van der Waals surface area contributed by atoms with Crippen LogP contribution >= 0.6 is 0 Å². The van der Waals surface area contributed by atoms with E-state index in [9.17, 15) is 4.79 Å². The normalized spacial score (nSPS) is 18.2. The number of ether oxygens (including phenoxy) is 2. The molecule has 21 heavy (non-hydrogen) atoms. The topological polar surface area (TPSA) is 75.4 Å². The minimum atomic E-state index is -0.501. The molecule has 1 saturated heterocycles. The maximum atomic E-state index is 11.9. The molecule has 1 aromatic heterocycles. The van der Waals surface area contributed by atoms with Crippen LogP contribution in [-0.4, -0.2) is 40.8 Å². The summed E-state index contributed by atoms with van der Waals surface area (Å²) < 4.78 is 11.0. The molecule has 1 fully saturated rings. The summed E-state index contributed by atoms with van der Waals surface area (Å²) >= 11 is 0. The molecule has 0 saturated carbocycles. The second-order valence-corrected chi connectivity index (χ2v) is 5.93. The van der Waals surface area contributed by atoms with Crippen LogP contribution in [0.25, 0.3) is 0 Å². The summed E-state index contributed by atoms with van der Waals surface area (Å²) in [6, 6.07) is 7.02. The van der Waals surface area contributed by atoms with Gasteiger partial charge in [0.05, 0.1) is 6.54 Å². The molecule has 0 aromatic carbocycles. The third kappa shape index (κ3) is 4.35. The molecule has 1 aliphatic rings. The van der Waals surface area contributed by atoms with E-state index in [4.69, 9.17) is 14.7 Å². The average Bonchev–Trinajstić information content (AvgIpc) is 2.85. The van der Waals surface area contributed by atoms with Gasteiger partial charge in [0, 0.05) is 19.0 Å². The van der Waals surface area contributed by atoms with Crippen LogP contribution in [0.1, 0.15) is 32.9 Å². The third-order valence-electron chi connectivity index (χ3n) is 2.92. The molecule has 1 aromatic rings. The lowest BCUT2D eigenvalue weighted by Crippen LogP contribution is -2.36. The van der Waals surface area contributed by atoms with Gasteiger partial charge in [0.25, 0.3) is 0 Å². The highest BCUT2D eigenvalue weighted by Crippen LogP contribution is 2.19. The van der Waals surface area contributed by atoms with Gasteiger partial charge in [-0.15, -0.1) is 0 Å². The fourth-order valence-electron chi connectivity index (χ4n) is 2.03. The maximum absolute atomic E-state index is 11.9. The predicted octanol–water partition coefficient (Wildman–Crippen LogP) is 2.34. The molecular weight excluding hydrogens is 270 g/mol. The number of aromatic nitrogens is 1. The van der Waals surface area contributed by atoms with Crippen molar-refractivity contribution in [2.24, 2.45) is 0 Å². The Morgan fingerprint density at radius 3 is 2.90 bits per heavy atom. The first-order valence-electron chi connectivity index (χ1n) is 6.89. The second-order valence-electron chi connectivity index (χ2n) is 5.93. The van der Waals surface area contributed by atoms with Gasteiger partial charge in [-0.3, -0.25) is 0 Å². The molecule has 1 amide bonds. The fourth-order valence-corrected chi connectivity index (χ4v) is 2.03. The van der Waals surface area contributed by atoms with E-state index in [1.165, 1.54) is 0 Å². The van der Waals surface area contributed by atoms with Gasteiger partial charge in [-0.1, -0.05) is 6.07 Å². The molecule has 0 radical (unpaired) electrons. The SMILES string of the molecule is CC(C)(C)OC(=O)N1CC[C@H](Oc2cccc(C#N)n2)C1.